The van der Waals surface area contributed by atoms with Gasteiger partial charge in [0.1, 0.15) is 0 Å². The van der Waals surface area contributed by atoms with Crippen molar-refractivity contribution in [3.8, 4) is 11.1 Å². The van der Waals surface area contributed by atoms with Crippen molar-refractivity contribution in [2.75, 3.05) is 0 Å². The van der Waals surface area contributed by atoms with Gasteiger partial charge in [-0.15, -0.1) is 0 Å². The fourth-order valence-corrected chi connectivity index (χ4v) is 2.46. The number of nitrogens with two attached hydrogens (primary N) is 1. The van der Waals surface area contributed by atoms with Crippen LogP contribution in [0.5, 0.6) is 0 Å². The topological polar surface area (TPSA) is 26.0 Å². The van der Waals surface area contributed by atoms with Crippen molar-refractivity contribution in [3.63, 3.8) is 0 Å². The zero-order valence-corrected chi connectivity index (χ0v) is 12.5. The van der Waals surface area contributed by atoms with Crippen LogP contribution < -0.4 is 5.73 Å². The third-order valence-electron chi connectivity index (χ3n) is 3.60. The average Bonchev–Trinajstić information content (AvgIpc) is 2.42. The standard InChI is InChI=1S/C17H20ClN/c1-4-17(19)14-7-5-13(6-8-14)15-9-12(3)16(18)10-11(15)2/h5-10,17H,4,19H2,1-3H3. The van der Waals surface area contributed by atoms with Crippen molar-refractivity contribution in [2.45, 2.75) is 33.2 Å². The molecule has 0 saturated heterocycles. The molecule has 1 nitrogen and oxygen atoms in total. The summed E-state index contributed by atoms with van der Waals surface area (Å²) in [6, 6.07) is 12.8. The molecule has 0 amide bonds. The lowest BCUT2D eigenvalue weighted by atomic mass is 9.96. The zero-order chi connectivity index (χ0) is 14.0. The predicted molar refractivity (Wildman–Crippen MR) is 83.6 cm³/mol. The molecule has 2 N–H and O–H groups in total. The SMILES string of the molecule is CCC(N)c1ccc(-c2cc(C)c(Cl)cc2C)cc1. The van der Waals surface area contributed by atoms with Gasteiger partial charge in [0.05, 0.1) is 0 Å². The lowest BCUT2D eigenvalue weighted by Gasteiger charge is -2.12. The van der Waals surface area contributed by atoms with Gasteiger partial charge in [-0.05, 0) is 60.2 Å². The van der Waals surface area contributed by atoms with Gasteiger partial charge >= 0.3 is 0 Å². The van der Waals surface area contributed by atoms with Gasteiger partial charge < -0.3 is 5.73 Å². The molecule has 0 aliphatic carbocycles. The Morgan fingerprint density at radius 1 is 1.05 bits per heavy atom. The number of hydrogen-bond acceptors (Lipinski definition) is 1. The van der Waals surface area contributed by atoms with Crippen LogP contribution >= 0.6 is 11.6 Å². The van der Waals surface area contributed by atoms with Gasteiger partial charge in [-0.3, -0.25) is 0 Å². The van der Waals surface area contributed by atoms with Crippen LogP contribution in [-0.2, 0) is 0 Å². The summed E-state index contributed by atoms with van der Waals surface area (Å²) >= 11 is 6.14. The molecule has 2 heteroatoms. The summed E-state index contributed by atoms with van der Waals surface area (Å²) in [4.78, 5) is 0. The fraction of sp³-hybridized carbons (Fsp3) is 0.294. The third-order valence-corrected chi connectivity index (χ3v) is 4.00. The maximum absolute atomic E-state index is 6.14. The summed E-state index contributed by atoms with van der Waals surface area (Å²) in [5.41, 5.74) is 12.0. The van der Waals surface area contributed by atoms with E-state index >= 15 is 0 Å². The molecule has 0 radical (unpaired) electrons. The number of rotatable bonds is 3. The maximum Gasteiger partial charge on any atom is 0.0438 e. The van der Waals surface area contributed by atoms with E-state index in [1.165, 1.54) is 22.3 Å². The van der Waals surface area contributed by atoms with E-state index in [1.54, 1.807) is 0 Å². The van der Waals surface area contributed by atoms with Crippen molar-refractivity contribution >= 4 is 11.6 Å². The summed E-state index contributed by atoms with van der Waals surface area (Å²) in [6.07, 6.45) is 0.957. The molecule has 0 heterocycles. The third kappa shape index (κ3) is 2.99. The van der Waals surface area contributed by atoms with E-state index in [9.17, 15) is 0 Å². The van der Waals surface area contributed by atoms with E-state index in [-0.39, 0.29) is 6.04 Å². The number of benzene rings is 2. The zero-order valence-electron chi connectivity index (χ0n) is 11.7. The van der Waals surface area contributed by atoms with Gasteiger partial charge in [-0.1, -0.05) is 42.8 Å². The Morgan fingerprint density at radius 2 is 1.68 bits per heavy atom. The molecule has 2 aromatic rings. The van der Waals surface area contributed by atoms with Crippen LogP contribution in [0.1, 0.15) is 36.1 Å². The van der Waals surface area contributed by atoms with Crippen molar-refractivity contribution in [3.05, 3.63) is 58.1 Å². The van der Waals surface area contributed by atoms with Gasteiger partial charge in [0.15, 0.2) is 0 Å². The van der Waals surface area contributed by atoms with Crippen LogP contribution in [0.2, 0.25) is 5.02 Å². The molecule has 100 valence electrons. The summed E-state index contributed by atoms with van der Waals surface area (Å²) < 4.78 is 0. The highest BCUT2D eigenvalue weighted by Crippen LogP contribution is 2.29. The first-order valence-electron chi connectivity index (χ1n) is 6.65. The van der Waals surface area contributed by atoms with E-state index < -0.39 is 0 Å². The van der Waals surface area contributed by atoms with Gasteiger partial charge in [0.2, 0.25) is 0 Å². The Morgan fingerprint density at radius 3 is 2.26 bits per heavy atom. The van der Waals surface area contributed by atoms with E-state index in [2.05, 4.69) is 44.2 Å². The minimum Gasteiger partial charge on any atom is -0.324 e. The Labute approximate surface area is 120 Å². The predicted octanol–water partition coefficient (Wildman–Crippen LogP) is 5.03. The second kappa shape index (κ2) is 5.77. The average molecular weight is 274 g/mol. The molecule has 0 spiro atoms. The van der Waals surface area contributed by atoms with E-state index in [4.69, 9.17) is 17.3 Å². The van der Waals surface area contributed by atoms with Crippen LogP contribution in [-0.4, -0.2) is 0 Å². The second-order valence-corrected chi connectivity index (χ2v) is 5.46. The lowest BCUT2D eigenvalue weighted by molar-refractivity contribution is 0.699. The summed E-state index contributed by atoms with van der Waals surface area (Å²) in [5.74, 6) is 0. The molecular formula is C17H20ClN. The molecule has 0 fully saturated rings. The Hall–Kier alpha value is -1.31. The maximum atomic E-state index is 6.14. The minimum atomic E-state index is 0.127. The van der Waals surface area contributed by atoms with Gasteiger partial charge in [0.25, 0.3) is 0 Å². The number of halogens is 1. The van der Waals surface area contributed by atoms with Crippen LogP contribution in [0.25, 0.3) is 11.1 Å². The molecule has 0 aliphatic rings. The van der Waals surface area contributed by atoms with Crippen molar-refractivity contribution < 1.29 is 0 Å². The first-order valence-corrected chi connectivity index (χ1v) is 7.03. The number of hydrogen-bond donors (Lipinski definition) is 1. The van der Waals surface area contributed by atoms with Gasteiger partial charge in [-0.25, -0.2) is 0 Å². The minimum absolute atomic E-state index is 0.127. The summed E-state index contributed by atoms with van der Waals surface area (Å²) in [5, 5.41) is 0.825. The molecule has 0 aromatic heterocycles. The highest BCUT2D eigenvalue weighted by atomic mass is 35.5. The smallest absolute Gasteiger partial charge is 0.0438 e. The monoisotopic (exact) mass is 273 g/mol. The highest BCUT2D eigenvalue weighted by Gasteiger charge is 2.07. The first-order chi connectivity index (χ1) is 9.02. The molecule has 1 atom stereocenters. The number of aryl methyl sites for hydroxylation is 2. The molecule has 0 bridgehead atoms. The van der Waals surface area contributed by atoms with Crippen LogP contribution in [0.3, 0.4) is 0 Å². The molecule has 19 heavy (non-hydrogen) atoms. The fourth-order valence-electron chi connectivity index (χ4n) is 2.24. The Balaban J connectivity index is 2.40. The molecular weight excluding hydrogens is 254 g/mol. The molecule has 0 aliphatic heterocycles. The van der Waals surface area contributed by atoms with Crippen LogP contribution in [0.15, 0.2) is 36.4 Å². The van der Waals surface area contributed by atoms with E-state index in [1.807, 2.05) is 13.0 Å². The van der Waals surface area contributed by atoms with Gasteiger partial charge in [-0.2, -0.15) is 0 Å². The quantitative estimate of drug-likeness (QED) is 0.834. The van der Waals surface area contributed by atoms with Crippen LogP contribution in [0.4, 0.5) is 0 Å². The summed E-state index contributed by atoms with van der Waals surface area (Å²) in [7, 11) is 0. The Kier molecular flexibility index (Phi) is 4.28. The van der Waals surface area contributed by atoms with E-state index in [0.29, 0.717) is 0 Å². The normalized spacial score (nSPS) is 12.5. The Bertz CT molecular complexity index is 573. The lowest BCUT2D eigenvalue weighted by Crippen LogP contribution is -2.08. The second-order valence-electron chi connectivity index (χ2n) is 5.05. The van der Waals surface area contributed by atoms with Crippen molar-refractivity contribution in [1.82, 2.24) is 0 Å². The summed E-state index contributed by atoms with van der Waals surface area (Å²) in [6.45, 7) is 6.23. The van der Waals surface area contributed by atoms with E-state index in [0.717, 1.165) is 17.0 Å². The van der Waals surface area contributed by atoms with Crippen molar-refractivity contribution in [1.29, 1.82) is 0 Å². The first kappa shape index (κ1) is 14.1. The highest BCUT2D eigenvalue weighted by molar-refractivity contribution is 6.31. The van der Waals surface area contributed by atoms with Crippen molar-refractivity contribution in [2.24, 2.45) is 5.73 Å². The largest absolute Gasteiger partial charge is 0.324 e. The van der Waals surface area contributed by atoms with Gasteiger partial charge in [0, 0.05) is 11.1 Å². The molecule has 2 rings (SSSR count). The molecule has 2 aromatic carbocycles. The molecule has 1 unspecified atom stereocenters. The molecule has 0 saturated carbocycles. The van der Waals surface area contributed by atoms with Crippen LogP contribution in [0, 0.1) is 13.8 Å².